The van der Waals surface area contributed by atoms with Crippen molar-refractivity contribution >= 4 is 123 Å². The van der Waals surface area contributed by atoms with E-state index in [0.29, 0.717) is 40.1 Å². The van der Waals surface area contributed by atoms with Crippen LogP contribution < -0.4 is 75.3 Å². The highest BCUT2D eigenvalue weighted by molar-refractivity contribution is 6.02. The Morgan fingerprint density at radius 3 is 1.85 bits per heavy atom. The van der Waals surface area contributed by atoms with Gasteiger partial charge in [0, 0.05) is 50.5 Å². The number of carboxylic acids is 4. The van der Waals surface area contributed by atoms with Crippen LogP contribution >= 0.6 is 0 Å². The third kappa shape index (κ3) is 32.8. The second kappa shape index (κ2) is 49.3. The summed E-state index contributed by atoms with van der Waals surface area (Å²) in [6.45, 7) is 6.65. The van der Waals surface area contributed by atoms with E-state index in [9.17, 15) is 122 Å². The van der Waals surface area contributed by atoms with E-state index >= 15 is 0 Å². The monoisotopic (exact) mass is 1640 g/mol. The number of aromatic nitrogens is 1. The molecule has 116 heavy (non-hydrogen) atoms. The number of H-pyrrole nitrogens is 1. The predicted octanol–water partition coefficient (Wildman–Crippen LogP) is -5.47. The van der Waals surface area contributed by atoms with Crippen LogP contribution in [0.15, 0.2) is 30.5 Å². The second-order valence-corrected chi connectivity index (χ2v) is 28.8. The number of carboxylic acid groups (broad SMARTS) is 4. The smallest absolute Gasteiger partial charge is 0.335 e. The van der Waals surface area contributed by atoms with Crippen molar-refractivity contribution < 1.29 is 131 Å². The van der Waals surface area contributed by atoms with E-state index in [1.54, 1.807) is 30.5 Å². The lowest BCUT2D eigenvalue weighted by atomic mass is 9.94. The summed E-state index contributed by atoms with van der Waals surface area (Å²) >= 11 is 0. The number of esters is 1. The third-order valence-corrected chi connectivity index (χ3v) is 18.9. The minimum absolute atomic E-state index is 0.0178. The van der Waals surface area contributed by atoms with Gasteiger partial charge in [0.2, 0.25) is 82.7 Å². The van der Waals surface area contributed by atoms with Gasteiger partial charge in [-0.2, -0.15) is 0 Å². The van der Waals surface area contributed by atoms with Gasteiger partial charge in [-0.05, 0) is 81.9 Å². The molecular weight excluding hydrogens is 1530 g/mol. The van der Waals surface area contributed by atoms with Crippen molar-refractivity contribution in [2.24, 2.45) is 29.2 Å². The van der Waals surface area contributed by atoms with Gasteiger partial charge in [0.1, 0.15) is 72.6 Å². The third-order valence-electron chi connectivity index (χ3n) is 18.9. The minimum Gasteiger partial charge on any atom is -0.481 e. The molecule has 1 aliphatic heterocycles. The Bertz CT molecular complexity index is 3800. The van der Waals surface area contributed by atoms with Crippen molar-refractivity contribution in [3.05, 3.63) is 36.0 Å². The van der Waals surface area contributed by atoms with E-state index in [0.717, 1.165) is 60.6 Å². The molecule has 0 unspecified atom stereocenters. The summed E-state index contributed by atoms with van der Waals surface area (Å²) in [6.07, 6.45) is -4.81. The number of nitrogens with two attached hydrogens (primary N) is 2. The number of nitrogens with zero attached hydrogens (tertiary/aromatic N) is 1. The highest BCUT2D eigenvalue weighted by Crippen LogP contribution is 2.22. The Hall–Kier alpha value is -11.5. The minimum atomic E-state index is -2.79. The number of aliphatic hydroxyl groups is 2. The molecular formula is C73H112N16O27. The van der Waals surface area contributed by atoms with Crippen LogP contribution in [0.5, 0.6) is 0 Å². The van der Waals surface area contributed by atoms with Gasteiger partial charge in [-0.1, -0.05) is 91.3 Å². The summed E-state index contributed by atoms with van der Waals surface area (Å²) in [5.74, 6) is -28.9. The van der Waals surface area contributed by atoms with Gasteiger partial charge in [0.15, 0.2) is 12.2 Å². The first kappa shape index (κ1) is 98.7. The number of nitrogens with one attached hydrogen (secondary N) is 13. The average molecular weight is 1650 g/mol. The number of likely N-dealkylation sites (N-methyl/N-ethyl adjacent to an activating group) is 1. The molecule has 1 aromatic carbocycles. The van der Waals surface area contributed by atoms with Crippen LogP contribution in [0.3, 0.4) is 0 Å². The number of methoxy groups -OCH3 is 1. The predicted molar refractivity (Wildman–Crippen MR) is 406 cm³/mol. The molecule has 0 bridgehead atoms. The Labute approximate surface area is 667 Å². The van der Waals surface area contributed by atoms with Crippen LogP contribution in [0, 0.1) is 17.8 Å². The number of benzene rings is 1. The van der Waals surface area contributed by atoms with Gasteiger partial charge in [-0.15, -0.1) is 0 Å². The number of carbonyl (C=O) groups is 19. The number of primary amides is 1. The molecule has 23 N–H and O–H groups in total. The zero-order valence-corrected chi connectivity index (χ0v) is 66.2. The molecule has 2 aromatic rings. The number of amides is 14. The lowest BCUT2D eigenvalue weighted by Crippen LogP contribution is -2.64. The summed E-state index contributed by atoms with van der Waals surface area (Å²) in [4.78, 5) is 265. The van der Waals surface area contributed by atoms with Crippen molar-refractivity contribution in [1.82, 2.24) is 73.7 Å². The molecule has 43 heteroatoms. The number of aliphatic carboxylic acids is 4. The number of ether oxygens (including phenoxy) is 2. The molecule has 1 aliphatic rings. The molecule has 0 aliphatic carbocycles. The fraction of sp³-hybridized carbons (Fsp3) is 0.630. The van der Waals surface area contributed by atoms with Gasteiger partial charge < -0.3 is 125 Å². The van der Waals surface area contributed by atoms with Crippen LogP contribution in [-0.2, 0) is 107 Å². The molecule has 43 nitrogen and oxygen atoms in total. The maximum Gasteiger partial charge on any atom is 0.335 e. The van der Waals surface area contributed by atoms with Gasteiger partial charge in [-0.25, -0.2) is 9.59 Å². The molecule has 14 amide bonds. The number of aromatic amines is 1. The Morgan fingerprint density at radius 1 is 0.638 bits per heavy atom. The maximum absolute atomic E-state index is 15.0. The van der Waals surface area contributed by atoms with Crippen LogP contribution in [0.1, 0.15) is 150 Å². The number of aliphatic hydroxyl groups excluding tert-OH is 2. The Balaban J connectivity index is 2.27. The van der Waals surface area contributed by atoms with E-state index in [1.165, 1.54) is 13.8 Å². The maximum atomic E-state index is 15.0. The van der Waals surface area contributed by atoms with Crippen LogP contribution in [0.25, 0.3) is 10.9 Å². The number of rotatable bonds is 37. The molecule has 2 heterocycles. The molecule has 1 aromatic heterocycles. The topological polar surface area (TPSA) is 680 Å². The number of cyclic esters (lactones) is 1. The zero-order chi connectivity index (χ0) is 87.4. The first-order valence-corrected chi connectivity index (χ1v) is 37.9. The Kier molecular flexibility index (Phi) is 42.0. The normalized spacial score (nSPS) is 22.2. The molecule has 1 fully saturated rings. The standard InChI is InChI=1S/C73H112N16O27/c1-10-36(4)55-73(114)116-39(7)56(86-70(110)57(59(100)61(75)101)87-64(104)44(25-26-51(94)95)82-65(105)45(29-40-31-76-42-22-17-16-21-41(40)42)79-48(91)24-15-13-11-12-14-20-35(2)3)71(111)89(8)33-50(93)78-38(6)62(102)83-46(30-53(98)99)66(106)81-43(23-18-19-27-74)63(103)88-58(60(115-9)72(112)113)68(108)77-32-49(92)80-47(34-90)67(107)84-54(69(109)85-55)37(5)28-52(96)97/h16-17,21-22,31,35-39,43-47,54-60,76,90,100H,10-15,18-20,23-30,32-34,74H2,1-9H3,(H2,75,101)(H,77,108)(H,78,93)(H,79,91)(H,80,92)(H,81,106)(H,82,105)(H,83,102)(H,84,107)(H,85,109)(H,86,110)(H,87,104)(H,88,103)(H,94,95)(H,96,97)(H,98,99)(H,112,113)/t36-,37+,38-,39-,43+,44+,45-,46-,47+,54-,55-,56-,57-,58-,59-,60-/m0/s1. The Morgan fingerprint density at radius 2 is 1.25 bits per heavy atom. The second-order valence-electron chi connectivity index (χ2n) is 28.8. The summed E-state index contributed by atoms with van der Waals surface area (Å²) in [7, 11) is 1.72. The summed E-state index contributed by atoms with van der Waals surface area (Å²) < 4.78 is 10.7. The number of fused-ring (bicyclic) bond motifs is 1. The van der Waals surface area contributed by atoms with Crippen LogP contribution in [-0.4, -0.2) is 278 Å². The average Bonchev–Trinajstić information content (AvgIpc) is 1.79. The SMILES string of the molecule is CC[C@H](C)[C@@H]1NC(=O)[C@H]([C@H](C)CC(=O)O)NC(=O)[C@@H](CO)NC(=O)CNC(=O)[C@H]([C@H](OC)C(=O)O)NC(=O)[C@@H](CCCCN)NC(=O)[C@H](CC(=O)O)NC(=O)[C@H](C)NC(=O)CN(C)C(=O)[C@@H](NC(=O)[C@@H](NC(=O)[C@@H](CCC(=O)O)NC(=O)[C@H](Cc2c[nH]c3ccccc23)NC(=O)CCCCCCCC(C)C)[C@H](O)C(N)=O)[C@H](C)OC1=O. The highest BCUT2D eigenvalue weighted by Gasteiger charge is 2.44. The van der Waals surface area contributed by atoms with Gasteiger partial charge in [0.05, 0.1) is 32.5 Å². The van der Waals surface area contributed by atoms with Crippen molar-refractivity contribution in [2.75, 3.05) is 40.4 Å². The zero-order valence-electron chi connectivity index (χ0n) is 66.2. The molecule has 0 spiro atoms. The number of hydrogen-bond donors (Lipinski definition) is 21. The van der Waals surface area contributed by atoms with E-state index in [-0.39, 0.29) is 45.1 Å². The highest BCUT2D eigenvalue weighted by atomic mass is 16.5. The first-order chi connectivity index (χ1) is 54.6. The summed E-state index contributed by atoms with van der Waals surface area (Å²) in [5, 5.41) is 88.7. The number of para-hydroxylation sites is 1. The fourth-order valence-electron chi connectivity index (χ4n) is 12.1. The van der Waals surface area contributed by atoms with Crippen LogP contribution in [0.2, 0.25) is 0 Å². The summed E-state index contributed by atoms with van der Waals surface area (Å²) in [6, 6.07) is -15.5. The van der Waals surface area contributed by atoms with Gasteiger partial charge >= 0.3 is 29.8 Å². The molecule has 16 atom stereocenters. The van der Waals surface area contributed by atoms with Crippen LogP contribution in [0.4, 0.5) is 0 Å². The van der Waals surface area contributed by atoms with E-state index < -0.39 is 255 Å². The van der Waals surface area contributed by atoms with E-state index in [1.807, 2.05) is 5.32 Å². The lowest BCUT2D eigenvalue weighted by molar-refractivity contribution is -0.159. The molecule has 646 valence electrons. The lowest BCUT2D eigenvalue weighted by Gasteiger charge is -2.33. The van der Waals surface area contributed by atoms with Crippen molar-refractivity contribution in [2.45, 2.75) is 236 Å². The quantitative estimate of drug-likeness (QED) is 0.0222. The molecule has 0 radical (unpaired) electrons. The van der Waals surface area contributed by atoms with Gasteiger partial charge in [0.25, 0.3) is 0 Å². The number of unbranched alkanes of at least 4 members (excludes halogenated alkanes) is 5. The van der Waals surface area contributed by atoms with Gasteiger partial charge in [-0.3, -0.25) is 81.5 Å². The molecule has 0 saturated carbocycles. The van der Waals surface area contributed by atoms with Crippen molar-refractivity contribution in [1.29, 1.82) is 0 Å². The van der Waals surface area contributed by atoms with E-state index in [4.69, 9.17) is 20.9 Å². The molecule has 1 saturated heterocycles. The van der Waals surface area contributed by atoms with Crippen molar-refractivity contribution in [3.8, 4) is 0 Å². The number of hydrogen-bond acceptors (Lipinski definition) is 24. The fourth-order valence-corrected chi connectivity index (χ4v) is 12.1. The summed E-state index contributed by atoms with van der Waals surface area (Å²) in [5.41, 5.74) is 12.4. The largest absolute Gasteiger partial charge is 0.481 e. The number of carbonyl (C=O) groups excluding carboxylic acids is 15. The first-order valence-electron chi connectivity index (χ1n) is 37.9. The van der Waals surface area contributed by atoms with E-state index in [2.05, 4.69) is 77.3 Å². The molecule has 3 rings (SSSR count). The van der Waals surface area contributed by atoms with Crippen molar-refractivity contribution in [3.63, 3.8) is 0 Å².